The van der Waals surface area contributed by atoms with E-state index in [0.717, 1.165) is 27.2 Å². The Bertz CT molecular complexity index is 1130. The predicted molar refractivity (Wildman–Crippen MR) is 115 cm³/mol. The number of hydrogen-bond acceptors (Lipinski definition) is 2. The molecule has 2 nitrogen and oxygen atoms in total. The van der Waals surface area contributed by atoms with Gasteiger partial charge in [-0.1, -0.05) is 70.5 Å². The second-order valence-corrected chi connectivity index (χ2v) is 7.67. The van der Waals surface area contributed by atoms with Crippen LogP contribution in [0.2, 0.25) is 0 Å². The lowest BCUT2D eigenvalue weighted by Gasteiger charge is -2.07. The fraction of sp³-hybridized carbons (Fsp3) is 0.0455. The minimum absolute atomic E-state index is 0.721. The van der Waals surface area contributed by atoms with Gasteiger partial charge in [0.15, 0.2) is 4.80 Å². The van der Waals surface area contributed by atoms with Gasteiger partial charge in [0.2, 0.25) is 0 Å². The number of halogens is 1. The third-order valence-corrected chi connectivity index (χ3v) is 5.62. The van der Waals surface area contributed by atoms with Crippen LogP contribution in [0.3, 0.4) is 0 Å². The van der Waals surface area contributed by atoms with E-state index in [1.807, 2.05) is 6.08 Å². The van der Waals surface area contributed by atoms with Crippen LogP contribution in [-0.4, -0.2) is 4.57 Å². The minimum atomic E-state index is 0.721. The Morgan fingerprint density at radius 2 is 1.77 bits per heavy atom. The fourth-order valence-corrected chi connectivity index (χ4v) is 4.18. The van der Waals surface area contributed by atoms with Crippen molar-refractivity contribution in [1.29, 1.82) is 0 Å². The van der Waals surface area contributed by atoms with Gasteiger partial charge >= 0.3 is 0 Å². The molecule has 0 aliphatic carbocycles. The molecule has 128 valence electrons. The lowest BCUT2D eigenvalue weighted by atomic mass is 10.1. The average molecular weight is 421 g/mol. The highest BCUT2D eigenvalue weighted by molar-refractivity contribution is 9.10. The number of thiazole rings is 1. The van der Waals surface area contributed by atoms with Gasteiger partial charge in [0.1, 0.15) is 0 Å². The molecular weight excluding hydrogens is 404 g/mol. The summed E-state index contributed by atoms with van der Waals surface area (Å²) in [6.07, 6.45) is 1.91. The summed E-state index contributed by atoms with van der Waals surface area (Å²) in [6.45, 7) is 4.64. The molecule has 0 N–H and O–H groups in total. The van der Waals surface area contributed by atoms with E-state index in [1.165, 1.54) is 16.3 Å². The molecule has 4 aromatic rings. The van der Waals surface area contributed by atoms with E-state index >= 15 is 0 Å². The van der Waals surface area contributed by atoms with Gasteiger partial charge in [-0.05, 0) is 29.1 Å². The zero-order valence-corrected chi connectivity index (χ0v) is 16.5. The normalized spacial score (nSPS) is 11.8. The molecule has 0 unspecified atom stereocenters. The number of hydrogen-bond donors (Lipinski definition) is 0. The van der Waals surface area contributed by atoms with Crippen molar-refractivity contribution in [3.05, 3.63) is 94.0 Å². The molecule has 0 saturated carbocycles. The maximum atomic E-state index is 4.98. The van der Waals surface area contributed by atoms with Gasteiger partial charge in [0.05, 0.1) is 11.4 Å². The van der Waals surface area contributed by atoms with Gasteiger partial charge < -0.3 is 4.57 Å². The Hall–Kier alpha value is -2.43. The Balaban J connectivity index is 1.90. The van der Waals surface area contributed by atoms with E-state index in [2.05, 4.69) is 99.2 Å². The molecule has 1 heterocycles. The zero-order valence-electron chi connectivity index (χ0n) is 14.1. The monoisotopic (exact) mass is 420 g/mol. The third-order valence-electron chi connectivity index (χ3n) is 4.23. The maximum Gasteiger partial charge on any atom is 0.190 e. The van der Waals surface area contributed by atoms with Crippen molar-refractivity contribution >= 4 is 43.7 Å². The fourth-order valence-electron chi connectivity index (χ4n) is 2.98. The molecule has 26 heavy (non-hydrogen) atoms. The van der Waals surface area contributed by atoms with Gasteiger partial charge in [-0.3, -0.25) is 0 Å². The van der Waals surface area contributed by atoms with Gasteiger partial charge in [-0.15, -0.1) is 17.9 Å². The first kappa shape index (κ1) is 17.0. The first-order chi connectivity index (χ1) is 12.8. The first-order valence-corrected chi connectivity index (χ1v) is 10.0. The van der Waals surface area contributed by atoms with E-state index in [1.54, 1.807) is 11.3 Å². The summed E-state index contributed by atoms with van der Waals surface area (Å²) in [5.41, 5.74) is 3.32. The highest BCUT2D eigenvalue weighted by atomic mass is 79.9. The molecule has 0 aliphatic rings. The Labute approximate surface area is 164 Å². The number of fused-ring (bicyclic) bond motifs is 1. The topological polar surface area (TPSA) is 17.3 Å². The molecule has 0 saturated heterocycles. The molecule has 0 atom stereocenters. The van der Waals surface area contributed by atoms with Crippen molar-refractivity contribution in [2.75, 3.05) is 0 Å². The van der Waals surface area contributed by atoms with Gasteiger partial charge in [-0.2, -0.15) is 0 Å². The average Bonchev–Trinajstić information content (AvgIpc) is 3.06. The lowest BCUT2D eigenvalue weighted by molar-refractivity contribution is 0.801. The van der Waals surface area contributed by atoms with Crippen molar-refractivity contribution < 1.29 is 0 Å². The van der Waals surface area contributed by atoms with Crippen LogP contribution in [0.25, 0.3) is 22.0 Å². The molecule has 0 radical (unpaired) electrons. The SMILES string of the molecule is C=CCn1c(-c2ccc(Br)cc2)csc1=Nc1cccc2ccccc12. The molecule has 0 bridgehead atoms. The predicted octanol–water partition coefficient (Wildman–Crippen LogP) is 6.55. The van der Waals surface area contributed by atoms with Crippen LogP contribution in [0.1, 0.15) is 0 Å². The van der Waals surface area contributed by atoms with E-state index in [-0.39, 0.29) is 0 Å². The highest BCUT2D eigenvalue weighted by Gasteiger charge is 2.08. The summed E-state index contributed by atoms with van der Waals surface area (Å²) in [6, 6.07) is 23.0. The molecule has 4 heteroatoms. The molecule has 0 aliphatic heterocycles. The van der Waals surface area contributed by atoms with E-state index < -0.39 is 0 Å². The Morgan fingerprint density at radius 3 is 2.58 bits per heavy atom. The maximum absolute atomic E-state index is 4.98. The second-order valence-electron chi connectivity index (χ2n) is 5.92. The molecule has 0 amide bonds. The standard InChI is InChI=1S/C22H17BrN2S/c1-2-14-25-21(17-10-12-18(23)13-11-17)15-26-22(25)24-20-9-5-7-16-6-3-4-8-19(16)20/h2-13,15H,1,14H2. The number of aromatic nitrogens is 1. The van der Waals surface area contributed by atoms with Crippen molar-refractivity contribution in [2.24, 2.45) is 4.99 Å². The molecule has 1 aromatic heterocycles. The van der Waals surface area contributed by atoms with Crippen molar-refractivity contribution in [3.8, 4) is 11.3 Å². The van der Waals surface area contributed by atoms with Crippen LogP contribution >= 0.6 is 27.3 Å². The first-order valence-electron chi connectivity index (χ1n) is 8.34. The second kappa shape index (κ2) is 7.44. The summed E-state index contributed by atoms with van der Waals surface area (Å²) in [5.74, 6) is 0. The van der Waals surface area contributed by atoms with E-state index in [4.69, 9.17) is 4.99 Å². The zero-order chi connectivity index (χ0) is 17.9. The van der Waals surface area contributed by atoms with Crippen molar-refractivity contribution in [3.63, 3.8) is 0 Å². The number of benzene rings is 3. The third kappa shape index (κ3) is 3.30. The van der Waals surface area contributed by atoms with Gasteiger partial charge in [-0.25, -0.2) is 4.99 Å². The molecule has 3 aromatic carbocycles. The summed E-state index contributed by atoms with van der Waals surface area (Å²) in [5, 5.41) is 4.53. The van der Waals surface area contributed by atoms with Crippen LogP contribution < -0.4 is 4.80 Å². The smallest absolute Gasteiger partial charge is 0.190 e. The largest absolute Gasteiger partial charge is 0.313 e. The number of allylic oxidation sites excluding steroid dienone is 1. The number of nitrogens with zero attached hydrogens (tertiary/aromatic N) is 2. The lowest BCUT2D eigenvalue weighted by Crippen LogP contribution is -2.14. The number of rotatable bonds is 4. The van der Waals surface area contributed by atoms with E-state index in [0.29, 0.717) is 0 Å². The van der Waals surface area contributed by atoms with Crippen LogP contribution in [0, 0.1) is 0 Å². The van der Waals surface area contributed by atoms with E-state index in [9.17, 15) is 0 Å². The minimum Gasteiger partial charge on any atom is -0.313 e. The van der Waals surface area contributed by atoms with Crippen LogP contribution in [0.5, 0.6) is 0 Å². The van der Waals surface area contributed by atoms with Crippen LogP contribution in [-0.2, 0) is 6.54 Å². The van der Waals surface area contributed by atoms with Crippen molar-refractivity contribution in [1.82, 2.24) is 4.57 Å². The molecule has 0 fully saturated rings. The highest BCUT2D eigenvalue weighted by Crippen LogP contribution is 2.26. The molecule has 0 spiro atoms. The molecular formula is C22H17BrN2S. The summed E-state index contributed by atoms with van der Waals surface area (Å²) >= 11 is 5.16. The summed E-state index contributed by atoms with van der Waals surface area (Å²) in [7, 11) is 0. The van der Waals surface area contributed by atoms with Crippen LogP contribution in [0.15, 0.2) is 94.2 Å². The quantitative estimate of drug-likeness (QED) is 0.333. The van der Waals surface area contributed by atoms with Gasteiger partial charge in [0, 0.05) is 21.8 Å². The Morgan fingerprint density at radius 1 is 1.00 bits per heavy atom. The molecule has 4 rings (SSSR count). The Kier molecular flexibility index (Phi) is 4.87. The van der Waals surface area contributed by atoms with Crippen molar-refractivity contribution in [2.45, 2.75) is 6.54 Å². The summed E-state index contributed by atoms with van der Waals surface area (Å²) < 4.78 is 3.29. The van der Waals surface area contributed by atoms with Gasteiger partial charge in [0.25, 0.3) is 0 Å². The summed E-state index contributed by atoms with van der Waals surface area (Å²) in [4.78, 5) is 5.95. The van der Waals surface area contributed by atoms with Crippen LogP contribution in [0.4, 0.5) is 5.69 Å².